The molecule has 1 atom stereocenters. The summed E-state index contributed by atoms with van der Waals surface area (Å²) in [6.07, 6.45) is 6.68. The summed E-state index contributed by atoms with van der Waals surface area (Å²) in [5.74, 6) is 0.317. The van der Waals surface area contributed by atoms with Gasteiger partial charge in [0.25, 0.3) is 0 Å². The van der Waals surface area contributed by atoms with E-state index in [1.165, 1.54) is 11.3 Å². The van der Waals surface area contributed by atoms with Crippen molar-refractivity contribution in [3.63, 3.8) is 0 Å². The third kappa shape index (κ3) is 4.86. The lowest BCUT2D eigenvalue weighted by molar-refractivity contribution is -0.118. The van der Waals surface area contributed by atoms with Crippen molar-refractivity contribution in [2.45, 2.75) is 32.2 Å². The van der Waals surface area contributed by atoms with Gasteiger partial charge in [-0.05, 0) is 31.9 Å². The van der Waals surface area contributed by atoms with Crippen LogP contribution < -0.4 is 5.32 Å². The van der Waals surface area contributed by atoms with Crippen LogP contribution in [0.2, 0.25) is 0 Å². The van der Waals surface area contributed by atoms with E-state index < -0.39 is 5.97 Å². The Hall–Kier alpha value is -2.97. The number of benzene rings is 1. The van der Waals surface area contributed by atoms with Crippen LogP contribution in [0.5, 0.6) is 0 Å². The molecule has 3 aromatic rings. The summed E-state index contributed by atoms with van der Waals surface area (Å²) < 4.78 is 5.28. The van der Waals surface area contributed by atoms with Crippen molar-refractivity contribution < 1.29 is 14.3 Å². The van der Waals surface area contributed by atoms with E-state index in [0.29, 0.717) is 10.6 Å². The van der Waals surface area contributed by atoms with Gasteiger partial charge in [0.1, 0.15) is 16.4 Å². The number of nitrogens with one attached hydrogen (secondary N) is 2. The average molecular weight is 439 g/mol. The van der Waals surface area contributed by atoms with E-state index in [1.54, 1.807) is 13.1 Å². The summed E-state index contributed by atoms with van der Waals surface area (Å²) in [7, 11) is 0. The summed E-state index contributed by atoms with van der Waals surface area (Å²) in [6.45, 7) is 3.13. The number of piperidine rings is 1. The second-order valence-corrected chi connectivity index (χ2v) is 8.32. The predicted octanol–water partition coefficient (Wildman–Crippen LogP) is 4.48. The Balaban J connectivity index is 1.53. The average Bonchev–Trinajstić information content (AvgIpc) is 3.45. The number of thiophene rings is 1. The Morgan fingerprint density at radius 2 is 2.13 bits per heavy atom. The Morgan fingerprint density at radius 1 is 1.29 bits per heavy atom. The SMILES string of the molecule is CCOC(=O)c1c(-c2ccccc2)csc1NC(=O)CN1CCCC[C@H]1c1ncc[nH]1. The van der Waals surface area contributed by atoms with E-state index in [-0.39, 0.29) is 25.1 Å². The minimum Gasteiger partial charge on any atom is -0.462 e. The maximum absolute atomic E-state index is 12.9. The van der Waals surface area contributed by atoms with Crippen LogP contribution in [0.3, 0.4) is 0 Å². The molecule has 0 radical (unpaired) electrons. The monoisotopic (exact) mass is 438 g/mol. The first-order valence-corrected chi connectivity index (χ1v) is 11.4. The number of imidazole rings is 1. The number of aromatic amines is 1. The number of ether oxygens (including phenoxy) is 1. The first kappa shape index (κ1) is 21.3. The standard InChI is InChI=1S/C23H26N4O3S/c1-2-30-23(29)20-17(16-8-4-3-5-9-16)15-31-22(20)26-19(28)14-27-13-7-6-10-18(27)21-24-11-12-25-21/h3-5,8-9,11-12,15,18H,2,6-7,10,13-14H2,1H3,(H,24,25)(H,26,28)/t18-/m0/s1. The molecule has 1 aliphatic heterocycles. The van der Waals surface area contributed by atoms with Crippen LogP contribution in [0.15, 0.2) is 48.1 Å². The van der Waals surface area contributed by atoms with E-state index in [0.717, 1.165) is 42.8 Å². The van der Waals surface area contributed by atoms with Crippen LogP contribution in [0, 0.1) is 0 Å². The van der Waals surface area contributed by atoms with Crippen molar-refractivity contribution in [1.29, 1.82) is 0 Å². The van der Waals surface area contributed by atoms with Crippen LogP contribution in [-0.2, 0) is 9.53 Å². The third-order valence-corrected chi connectivity index (χ3v) is 6.30. The second kappa shape index (κ2) is 9.89. The lowest BCUT2D eigenvalue weighted by Crippen LogP contribution is -2.39. The summed E-state index contributed by atoms with van der Waals surface area (Å²) in [4.78, 5) is 35.4. The molecular weight excluding hydrogens is 412 g/mol. The molecule has 4 rings (SSSR count). The van der Waals surface area contributed by atoms with E-state index in [9.17, 15) is 9.59 Å². The van der Waals surface area contributed by atoms with Gasteiger partial charge < -0.3 is 15.0 Å². The molecular formula is C23H26N4O3S. The Morgan fingerprint density at radius 3 is 2.87 bits per heavy atom. The smallest absolute Gasteiger partial charge is 0.341 e. The Bertz CT molecular complexity index is 1020. The van der Waals surface area contributed by atoms with Crippen LogP contribution >= 0.6 is 11.3 Å². The molecule has 2 N–H and O–H groups in total. The van der Waals surface area contributed by atoms with E-state index in [1.807, 2.05) is 41.9 Å². The van der Waals surface area contributed by atoms with Crippen molar-refractivity contribution in [1.82, 2.24) is 14.9 Å². The fourth-order valence-corrected chi connectivity index (χ4v) is 4.96. The molecule has 1 amide bonds. The molecule has 1 aromatic carbocycles. The maximum Gasteiger partial charge on any atom is 0.341 e. The number of amides is 1. The zero-order valence-corrected chi connectivity index (χ0v) is 18.3. The minimum absolute atomic E-state index is 0.0993. The number of H-pyrrole nitrogens is 1. The molecule has 0 aliphatic carbocycles. The van der Waals surface area contributed by atoms with Gasteiger partial charge in [-0.1, -0.05) is 36.8 Å². The highest BCUT2D eigenvalue weighted by molar-refractivity contribution is 7.15. The van der Waals surface area contributed by atoms with Crippen molar-refractivity contribution in [2.24, 2.45) is 0 Å². The number of aromatic nitrogens is 2. The molecule has 0 spiro atoms. The summed E-state index contributed by atoms with van der Waals surface area (Å²) in [6, 6.07) is 9.76. The first-order chi connectivity index (χ1) is 15.2. The lowest BCUT2D eigenvalue weighted by Gasteiger charge is -2.33. The first-order valence-electron chi connectivity index (χ1n) is 10.5. The Kier molecular flexibility index (Phi) is 6.79. The normalized spacial score (nSPS) is 16.7. The zero-order valence-electron chi connectivity index (χ0n) is 17.5. The molecule has 1 aliphatic rings. The van der Waals surface area contributed by atoms with Crippen LogP contribution in [0.1, 0.15) is 48.4 Å². The fraction of sp³-hybridized carbons (Fsp3) is 0.348. The van der Waals surface area contributed by atoms with Gasteiger partial charge in [-0.15, -0.1) is 11.3 Å². The van der Waals surface area contributed by atoms with Gasteiger partial charge in [0.15, 0.2) is 0 Å². The van der Waals surface area contributed by atoms with Crippen LogP contribution in [-0.4, -0.2) is 46.4 Å². The molecule has 0 unspecified atom stereocenters. The topological polar surface area (TPSA) is 87.3 Å². The molecule has 162 valence electrons. The van der Waals surface area contributed by atoms with E-state index in [2.05, 4.69) is 20.2 Å². The van der Waals surface area contributed by atoms with Gasteiger partial charge in [-0.25, -0.2) is 9.78 Å². The fourth-order valence-electron chi connectivity index (χ4n) is 3.99. The van der Waals surface area contributed by atoms with Crippen molar-refractivity contribution in [2.75, 3.05) is 25.0 Å². The molecule has 1 saturated heterocycles. The zero-order chi connectivity index (χ0) is 21.6. The van der Waals surface area contributed by atoms with Crippen LogP contribution in [0.4, 0.5) is 5.00 Å². The molecule has 7 nitrogen and oxygen atoms in total. The maximum atomic E-state index is 12.9. The van der Waals surface area contributed by atoms with Crippen molar-refractivity contribution in [3.8, 4) is 11.1 Å². The second-order valence-electron chi connectivity index (χ2n) is 7.44. The molecule has 1 fully saturated rings. The number of hydrogen-bond acceptors (Lipinski definition) is 6. The van der Waals surface area contributed by atoms with Gasteiger partial charge in [0.2, 0.25) is 5.91 Å². The van der Waals surface area contributed by atoms with Crippen molar-refractivity contribution in [3.05, 3.63) is 59.5 Å². The molecule has 0 saturated carbocycles. The highest BCUT2D eigenvalue weighted by atomic mass is 32.1. The summed E-state index contributed by atoms with van der Waals surface area (Å²) in [5.41, 5.74) is 2.09. The molecule has 0 bridgehead atoms. The summed E-state index contributed by atoms with van der Waals surface area (Å²) in [5, 5.41) is 5.37. The number of likely N-dealkylation sites (tertiary alicyclic amines) is 1. The minimum atomic E-state index is -0.427. The Labute approximate surface area is 185 Å². The predicted molar refractivity (Wildman–Crippen MR) is 121 cm³/mol. The van der Waals surface area contributed by atoms with Gasteiger partial charge >= 0.3 is 5.97 Å². The highest BCUT2D eigenvalue weighted by Gasteiger charge is 2.28. The number of anilines is 1. The number of carbonyl (C=O) groups excluding carboxylic acids is 2. The highest BCUT2D eigenvalue weighted by Crippen LogP contribution is 2.36. The number of hydrogen-bond donors (Lipinski definition) is 2. The molecule has 31 heavy (non-hydrogen) atoms. The lowest BCUT2D eigenvalue weighted by atomic mass is 10.0. The molecule has 2 aromatic heterocycles. The van der Waals surface area contributed by atoms with Gasteiger partial charge in [0.05, 0.1) is 19.2 Å². The summed E-state index contributed by atoms with van der Waals surface area (Å²) >= 11 is 1.34. The molecule has 8 heteroatoms. The number of nitrogens with zero attached hydrogens (tertiary/aromatic N) is 2. The van der Waals surface area contributed by atoms with Gasteiger partial charge in [-0.3, -0.25) is 9.69 Å². The quantitative estimate of drug-likeness (QED) is 0.531. The van der Waals surface area contributed by atoms with Gasteiger partial charge in [-0.2, -0.15) is 0 Å². The number of rotatable bonds is 7. The van der Waals surface area contributed by atoms with Crippen molar-refractivity contribution >= 4 is 28.2 Å². The number of carbonyl (C=O) groups is 2. The van der Waals surface area contributed by atoms with E-state index >= 15 is 0 Å². The number of esters is 1. The largest absolute Gasteiger partial charge is 0.462 e. The van der Waals surface area contributed by atoms with Crippen LogP contribution in [0.25, 0.3) is 11.1 Å². The third-order valence-electron chi connectivity index (χ3n) is 5.40. The van der Waals surface area contributed by atoms with E-state index in [4.69, 9.17) is 4.74 Å². The molecule has 3 heterocycles. The van der Waals surface area contributed by atoms with Gasteiger partial charge in [0, 0.05) is 23.3 Å².